The summed E-state index contributed by atoms with van der Waals surface area (Å²) in [4.78, 5) is 13.3. The number of carbonyl (C=O) groups is 1. The van der Waals surface area contributed by atoms with Crippen LogP contribution in [0.25, 0.3) is 0 Å². The first kappa shape index (κ1) is 13.5. The van der Waals surface area contributed by atoms with Crippen molar-refractivity contribution in [2.24, 2.45) is 0 Å². The SMILES string of the molecule is COc1ccc(N2CCC(NC(C)=O)CC2)c(N)c1. The van der Waals surface area contributed by atoms with Gasteiger partial charge in [0.05, 0.1) is 18.5 Å². The van der Waals surface area contributed by atoms with E-state index in [9.17, 15) is 4.79 Å². The topological polar surface area (TPSA) is 67.6 Å². The average molecular weight is 263 g/mol. The van der Waals surface area contributed by atoms with E-state index in [4.69, 9.17) is 10.5 Å². The monoisotopic (exact) mass is 263 g/mol. The van der Waals surface area contributed by atoms with Gasteiger partial charge in [-0.15, -0.1) is 0 Å². The number of hydrogen-bond acceptors (Lipinski definition) is 4. The highest BCUT2D eigenvalue weighted by Gasteiger charge is 2.21. The molecule has 0 bridgehead atoms. The van der Waals surface area contributed by atoms with E-state index in [0.717, 1.165) is 43.1 Å². The molecule has 1 saturated heterocycles. The highest BCUT2D eigenvalue weighted by molar-refractivity contribution is 5.73. The molecular weight excluding hydrogens is 242 g/mol. The molecule has 1 aromatic carbocycles. The van der Waals surface area contributed by atoms with E-state index in [-0.39, 0.29) is 11.9 Å². The Balaban J connectivity index is 1.99. The minimum absolute atomic E-state index is 0.0439. The van der Waals surface area contributed by atoms with Gasteiger partial charge in [0.2, 0.25) is 5.91 Å². The van der Waals surface area contributed by atoms with Gasteiger partial charge >= 0.3 is 0 Å². The number of ether oxygens (including phenoxy) is 1. The Morgan fingerprint density at radius 3 is 2.63 bits per heavy atom. The first-order valence-electron chi connectivity index (χ1n) is 6.55. The summed E-state index contributed by atoms with van der Waals surface area (Å²) in [5, 5.41) is 2.97. The minimum Gasteiger partial charge on any atom is -0.497 e. The average Bonchev–Trinajstić information content (AvgIpc) is 2.39. The zero-order valence-electron chi connectivity index (χ0n) is 11.5. The third-order valence-electron chi connectivity index (χ3n) is 3.48. The number of amides is 1. The maximum atomic E-state index is 11.0. The molecule has 0 atom stereocenters. The molecule has 1 fully saturated rings. The quantitative estimate of drug-likeness (QED) is 0.809. The van der Waals surface area contributed by atoms with Crippen LogP contribution in [0.5, 0.6) is 5.75 Å². The molecule has 104 valence electrons. The van der Waals surface area contributed by atoms with Crippen LogP contribution in [0.2, 0.25) is 0 Å². The number of carbonyl (C=O) groups excluding carboxylic acids is 1. The van der Waals surface area contributed by atoms with Crippen molar-refractivity contribution in [2.75, 3.05) is 30.8 Å². The third kappa shape index (κ3) is 3.30. The summed E-state index contributed by atoms with van der Waals surface area (Å²) in [6.07, 6.45) is 1.90. The van der Waals surface area contributed by atoms with Crippen LogP contribution in [0.4, 0.5) is 11.4 Å². The molecule has 0 spiro atoms. The lowest BCUT2D eigenvalue weighted by atomic mass is 10.0. The molecule has 5 heteroatoms. The van der Waals surface area contributed by atoms with Crippen LogP contribution < -0.4 is 20.7 Å². The summed E-state index contributed by atoms with van der Waals surface area (Å²) in [6.45, 7) is 3.37. The van der Waals surface area contributed by atoms with Crippen LogP contribution >= 0.6 is 0 Å². The number of benzene rings is 1. The standard InChI is InChI=1S/C14H21N3O2/c1-10(18)16-11-5-7-17(8-6-11)14-4-3-12(19-2)9-13(14)15/h3-4,9,11H,5-8,15H2,1-2H3,(H,16,18). The van der Waals surface area contributed by atoms with Crippen LogP contribution in [0.15, 0.2) is 18.2 Å². The molecule has 5 nitrogen and oxygen atoms in total. The molecule has 0 radical (unpaired) electrons. The second kappa shape index (κ2) is 5.82. The number of nitrogen functional groups attached to an aromatic ring is 1. The third-order valence-corrected chi connectivity index (χ3v) is 3.48. The second-order valence-electron chi connectivity index (χ2n) is 4.89. The van der Waals surface area contributed by atoms with Crippen molar-refractivity contribution in [3.63, 3.8) is 0 Å². The lowest BCUT2D eigenvalue weighted by Crippen LogP contribution is -2.44. The molecule has 1 heterocycles. The number of nitrogens with zero attached hydrogens (tertiary/aromatic N) is 1. The van der Waals surface area contributed by atoms with E-state index >= 15 is 0 Å². The Bertz CT molecular complexity index is 454. The van der Waals surface area contributed by atoms with Crippen molar-refractivity contribution >= 4 is 17.3 Å². The molecule has 1 aliphatic rings. The van der Waals surface area contributed by atoms with Gasteiger partial charge < -0.3 is 20.7 Å². The van der Waals surface area contributed by atoms with Crippen molar-refractivity contribution in [2.45, 2.75) is 25.8 Å². The fourth-order valence-corrected chi connectivity index (χ4v) is 2.50. The maximum Gasteiger partial charge on any atom is 0.217 e. The Labute approximate surface area is 113 Å². The van der Waals surface area contributed by atoms with E-state index < -0.39 is 0 Å². The number of anilines is 2. The summed E-state index contributed by atoms with van der Waals surface area (Å²) in [5.41, 5.74) is 7.83. The number of nitrogens with two attached hydrogens (primary N) is 1. The summed E-state index contributed by atoms with van der Waals surface area (Å²) in [6, 6.07) is 6.04. The van der Waals surface area contributed by atoms with Crippen molar-refractivity contribution in [1.82, 2.24) is 5.32 Å². The summed E-state index contributed by atoms with van der Waals surface area (Å²) >= 11 is 0. The molecular formula is C14H21N3O2. The maximum absolute atomic E-state index is 11.0. The second-order valence-corrected chi connectivity index (χ2v) is 4.89. The lowest BCUT2D eigenvalue weighted by molar-refractivity contribution is -0.119. The molecule has 0 unspecified atom stereocenters. The van der Waals surface area contributed by atoms with Crippen molar-refractivity contribution < 1.29 is 9.53 Å². The van der Waals surface area contributed by atoms with E-state index in [1.165, 1.54) is 0 Å². The number of methoxy groups -OCH3 is 1. The van der Waals surface area contributed by atoms with E-state index in [2.05, 4.69) is 10.2 Å². The smallest absolute Gasteiger partial charge is 0.217 e. The Morgan fingerprint density at radius 1 is 1.42 bits per heavy atom. The zero-order chi connectivity index (χ0) is 13.8. The van der Waals surface area contributed by atoms with Crippen LogP contribution in [0.3, 0.4) is 0 Å². The molecule has 0 aliphatic carbocycles. The largest absolute Gasteiger partial charge is 0.497 e. The molecule has 3 N–H and O–H groups in total. The highest BCUT2D eigenvalue weighted by Crippen LogP contribution is 2.29. The van der Waals surface area contributed by atoms with E-state index in [0.29, 0.717) is 0 Å². The van der Waals surface area contributed by atoms with Crippen molar-refractivity contribution in [3.05, 3.63) is 18.2 Å². The van der Waals surface area contributed by atoms with Gasteiger partial charge in [-0.1, -0.05) is 0 Å². The fraction of sp³-hybridized carbons (Fsp3) is 0.500. The van der Waals surface area contributed by atoms with Gasteiger partial charge in [-0.3, -0.25) is 4.79 Å². The molecule has 0 saturated carbocycles. The summed E-state index contributed by atoms with van der Waals surface area (Å²) < 4.78 is 5.15. The summed E-state index contributed by atoms with van der Waals surface area (Å²) in [5.74, 6) is 0.816. The van der Waals surface area contributed by atoms with Gasteiger partial charge in [-0.25, -0.2) is 0 Å². The molecule has 1 aromatic rings. The van der Waals surface area contributed by atoms with Crippen LogP contribution in [-0.4, -0.2) is 32.1 Å². The molecule has 1 aliphatic heterocycles. The fourth-order valence-electron chi connectivity index (χ4n) is 2.50. The molecule has 1 amide bonds. The van der Waals surface area contributed by atoms with Crippen LogP contribution in [0.1, 0.15) is 19.8 Å². The molecule has 0 aromatic heterocycles. The van der Waals surface area contributed by atoms with Crippen molar-refractivity contribution in [1.29, 1.82) is 0 Å². The Hall–Kier alpha value is -1.91. The van der Waals surface area contributed by atoms with Crippen LogP contribution in [-0.2, 0) is 4.79 Å². The molecule has 19 heavy (non-hydrogen) atoms. The normalized spacial score (nSPS) is 16.2. The van der Waals surface area contributed by atoms with Crippen molar-refractivity contribution in [3.8, 4) is 5.75 Å². The van der Waals surface area contributed by atoms with Crippen LogP contribution in [0, 0.1) is 0 Å². The predicted octanol–water partition coefficient (Wildman–Crippen LogP) is 1.38. The first-order valence-corrected chi connectivity index (χ1v) is 6.55. The van der Waals surface area contributed by atoms with E-state index in [1.807, 2.05) is 18.2 Å². The lowest BCUT2D eigenvalue weighted by Gasteiger charge is -2.34. The van der Waals surface area contributed by atoms with Gasteiger partial charge in [-0.05, 0) is 25.0 Å². The highest BCUT2D eigenvalue weighted by atomic mass is 16.5. The number of piperidine rings is 1. The number of rotatable bonds is 3. The van der Waals surface area contributed by atoms with Gasteiger partial charge in [-0.2, -0.15) is 0 Å². The van der Waals surface area contributed by atoms with Gasteiger partial charge in [0.25, 0.3) is 0 Å². The van der Waals surface area contributed by atoms with Gasteiger partial charge in [0.15, 0.2) is 0 Å². The molecule has 2 rings (SSSR count). The number of nitrogens with one attached hydrogen (secondary N) is 1. The Kier molecular flexibility index (Phi) is 4.14. The van der Waals surface area contributed by atoms with E-state index in [1.54, 1.807) is 14.0 Å². The first-order chi connectivity index (χ1) is 9.10. The summed E-state index contributed by atoms with van der Waals surface area (Å²) in [7, 11) is 1.63. The zero-order valence-corrected chi connectivity index (χ0v) is 11.5. The van der Waals surface area contributed by atoms with Gasteiger partial charge in [0, 0.05) is 32.1 Å². The minimum atomic E-state index is 0.0439. The van der Waals surface area contributed by atoms with Gasteiger partial charge in [0.1, 0.15) is 5.75 Å². The number of hydrogen-bond donors (Lipinski definition) is 2. The Morgan fingerprint density at radius 2 is 2.11 bits per heavy atom. The predicted molar refractivity (Wildman–Crippen MR) is 76.5 cm³/mol.